The number of aliphatic carboxylic acids is 1. The Hall–Kier alpha value is -2.44. The number of carbonyl (C=O) groups is 1. The van der Waals surface area contributed by atoms with Gasteiger partial charge in [0, 0.05) is 13.1 Å². The van der Waals surface area contributed by atoms with E-state index in [2.05, 4.69) is 15.5 Å². The van der Waals surface area contributed by atoms with Crippen LogP contribution < -0.4 is 4.90 Å². The second-order valence-corrected chi connectivity index (χ2v) is 5.33. The number of rotatable bonds is 3. The van der Waals surface area contributed by atoms with Gasteiger partial charge in [-0.2, -0.15) is 4.68 Å². The highest BCUT2D eigenvalue weighted by molar-refractivity contribution is 5.70. The predicted octanol–water partition coefficient (Wildman–Crippen LogP) is 1.27. The number of piperidine rings is 1. The van der Waals surface area contributed by atoms with E-state index in [1.807, 2.05) is 36.1 Å². The molecule has 1 saturated heterocycles. The first-order valence-corrected chi connectivity index (χ1v) is 6.98. The highest BCUT2D eigenvalue weighted by atomic mass is 16.4. The molecular formula is C14H17N5O2. The maximum atomic E-state index is 11.0. The SMILES string of the molecule is Cc1ccc(-n2nnnc2N2CCC(C(=O)O)CC2)cc1. The Balaban J connectivity index is 1.80. The minimum atomic E-state index is -0.715. The van der Waals surface area contributed by atoms with Crippen LogP contribution in [0.4, 0.5) is 5.95 Å². The Morgan fingerprint density at radius 1 is 1.24 bits per heavy atom. The van der Waals surface area contributed by atoms with Gasteiger partial charge in [0.1, 0.15) is 0 Å². The van der Waals surface area contributed by atoms with Crippen LogP contribution in [0, 0.1) is 12.8 Å². The number of hydrogen-bond donors (Lipinski definition) is 1. The van der Waals surface area contributed by atoms with Crippen molar-refractivity contribution in [3.63, 3.8) is 0 Å². The van der Waals surface area contributed by atoms with Crippen molar-refractivity contribution in [3.05, 3.63) is 29.8 Å². The van der Waals surface area contributed by atoms with Crippen LogP contribution in [0.25, 0.3) is 5.69 Å². The predicted molar refractivity (Wildman–Crippen MR) is 76.5 cm³/mol. The van der Waals surface area contributed by atoms with Crippen LogP contribution in [0.5, 0.6) is 0 Å². The minimum Gasteiger partial charge on any atom is -0.481 e. The molecule has 0 bridgehead atoms. The summed E-state index contributed by atoms with van der Waals surface area (Å²) < 4.78 is 1.69. The Bertz CT molecular complexity index is 629. The van der Waals surface area contributed by atoms with Crippen LogP contribution in [-0.4, -0.2) is 44.4 Å². The molecule has 1 aromatic carbocycles. The highest BCUT2D eigenvalue weighted by Crippen LogP contribution is 2.23. The first kappa shape index (κ1) is 13.5. The van der Waals surface area contributed by atoms with Gasteiger partial charge in [-0.15, -0.1) is 0 Å². The molecule has 0 aliphatic carbocycles. The van der Waals surface area contributed by atoms with Crippen molar-refractivity contribution in [2.24, 2.45) is 5.92 Å². The molecule has 1 aliphatic heterocycles. The summed E-state index contributed by atoms with van der Waals surface area (Å²) in [6, 6.07) is 7.97. The van der Waals surface area contributed by atoms with E-state index in [9.17, 15) is 4.79 Å². The van der Waals surface area contributed by atoms with Crippen LogP contribution in [0.2, 0.25) is 0 Å². The van der Waals surface area contributed by atoms with E-state index < -0.39 is 5.97 Å². The lowest BCUT2D eigenvalue weighted by atomic mass is 9.97. The Labute approximate surface area is 122 Å². The van der Waals surface area contributed by atoms with Gasteiger partial charge in [0.25, 0.3) is 0 Å². The molecule has 0 amide bonds. The van der Waals surface area contributed by atoms with E-state index in [-0.39, 0.29) is 5.92 Å². The van der Waals surface area contributed by atoms with Crippen LogP contribution in [0.1, 0.15) is 18.4 Å². The highest BCUT2D eigenvalue weighted by Gasteiger charge is 2.27. The van der Waals surface area contributed by atoms with Gasteiger partial charge in [-0.05, 0) is 42.3 Å². The van der Waals surface area contributed by atoms with Crippen LogP contribution in [-0.2, 0) is 4.79 Å². The molecule has 7 heteroatoms. The summed E-state index contributed by atoms with van der Waals surface area (Å²) in [6.07, 6.45) is 1.24. The number of carboxylic acids is 1. The van der Waals surface area contributed by atoms with Gasteiger partial charge in [-0.3, -0.25) is 4.79 Å². The van der Waals surface area contributed by atoms with Crippen molar-refractivity contribution in [1.29, 1.82) is 0 Å². The monoisotopic (exact) mass is 287 g/mol. The number of aryl methyl sites for hydroxylation is 1. The molecular weight excluding hydrogens is 270 g/mol. The zero-order valence-electron chi connectivity index (χ0n) is 11.8. The summed E-state index contributed by atoms with van der Waals surface area (Å²) in [7, 11) is 0. The zero-order valence-corrected chi connectivity index (χ0v) is 11.8. The summed E-state index contributed by atoms with van der Waals surface area (Å²) >= 11 is 0. The van der Waals surface area contributed by atoms with Crippen LogP contribution >= 0.6 is 0 Å². The van der Waals surface area contributed by atoms with Gasteiger partial charge < -0.3 is 10.0 Å². The largest absolute Gasteiger partial charge is 0.481 e. The van der Waals surface area contributed by atoms with E-state index in [0.29, 0.717) is 31.9 Å². The van der Waals surface area contributed by atoms with E-state index in [1.54, 1.807) is 4.68 Å². The van der Waals surface area contributed by atoms with Gasteiger partial charge >= 0.3 is 5.97 Å². The summed E-state index contributed by atoms with van der Waals surface area (Å²) in [5, 5.41) is 20.9. The molecule has 1 aliphatic rings. The number of benzene rings is 1. The molecule has 0 radical (unpaired) electrons. The molecule has 110 valence electrons. The molecule has 0 unspecified atom stereocenters. The second kappa shape index (κ2) is 5.51. The number of nitrogens with zero attached hydrogens (tertiary/aromatic N) is 5. The molecule has 2 aromatic rings. The number of tetrazole rings is 1. The van der Waals surface area contributed by atoms with Gasteiger partial charge in [-0.25, -0.2) is 0 Å². The van der Waals surface area contributed by atoms with Gasteiger partial charge in [0.05, 0.1) is 11.6 Å². The molecule has 0 atom stereocenters. The number of carboxylic acid groups (broad SMARTS) is 1. The molecule has 7 nitrogen and oxygen atoms in total. The van der Waals surface area contributed by atoms with Crippen LogP contribution in [0.3, 0.4) is 0 Å². The molecule has 1 aromatic heterocycles. The third kappa shape index (κ3) is 2.72. The number of aromatic nitrogens is 4. The van der Waals surface area contributed by atoms with Crippen LogP contribution in [0.15, 0.2) is 24.3 Å². The molecule has 1 N–H and O–H groups in total. The van der Waals surface area contributed by atoms with Crippen molar-refractivity contribution >= 4 is 11.9 Å². The molecule has 2 heterocycles. The fourth-order valence-corrected chi connectivity index (χ4v) is 2.56. The quantitative estimate of drug-likeness (QED) is 0.915. The number of hydrogen-bond acceptors (Lipinski definition) is 5. The average molecular weight is 287 g/mol. The fraction of sp³-hybridized carbons (Fsp3) is 0.429. The van der Waals surface area contributed by atoms with Crippen molar-refractivity contribution < 1.29 is 9.90 Å². The summed E-state index contributed by atoms with van der Waals surface area (Å²) in [5.74, 6) is -0.305. The van der Waals surface area contributed by atoms with E-state index in [0.717, 1.165) is 5.69 Å². The maximum absolute atomic E-state index is 11.0. The Morgan fingerprint density at radius 2 is 1.90 bits per heavy atom. The lowest BCUT2D eigenvalue weighted by Gasteiger charge is -2.30. The summed E-state index contributed by atoms with van der Waals surface area (Å²) in [5.41, 5.74) is 2.08. The van der Waals surface area contributed by atoms with Crippen molar-refractivity contribution in [2.75, 3.05) is 18.0 Å². The Kier molecular flexibility index (Phi) is 3.55. The van der Waals surface area contributed by atoms with Gasteiger partial charge in [0.2, 0.25) is 5.95 Å². The molecule has 1 fully saturated rings. The van der Waals surface area contributed by atoms with Crippen molar-refractivity contribution in [2.45, 2.75) is 19.8 Å². The molecule has 0 saturated carbocycles. The lowest BCUT2D eigenvalue weighted by Crippen LogP contribution is -2.37. The standard InChI is InChI=1S/C14H17N5O2/c1-10-2-4-12(5-3-10)19-14(15-16-17-19)18-8-6-11(7-9-18)13(20)21/h2-5,11H,6-9H2,1H3,(H,20,21). The van der Waals surface area contributed by atoms with E-state index in [1.165, 1.54) is 5.56 Å². The smallest absolute Gasteiger partial charge is 0.306 e. The molecule has 3 rings (SSSR count). The first-order chi connectivity index (χ1) is 10.1. The second-order valence-electron chi connectivity index (χ2n) is 5.33. The average Bonchev–Trinajstić information content (AvgIpc) is 2.97. The fourth-order valence-electron chi connectivity index (χ4n) is 2.56. The van der Waals surface area contributed by atoms with E-state index in [4.69, 9.17) is 5.11 Å². The summed E-state index contributed by atoms with van der Waals surface area (Å²) in [4.78, 5) is 13.0. The van der Waals surface area contributed by atoms with Gasteiger partial charge in [0.15, 0.2) is 0 Å². The topological polar surface area (TPSA) is 84.1 Å². The van der Waals surface area contributed by atoms with Crippen molar-refractivity contribution in [3.8, 4) is 5.69 Å². The van der Waals surface area contributed by atoms with E-state index >= 15 is 0 Å². The lowest BCUT2D eigenvalue weighted by molar-refractivity contribution is -0.142. The normalized spacial score (nSPS) is 16.1. The minimum absolute atomic E-state index is 0.259. The maximum Gasteiger partial charge on any atom is 0.306 e. The number of anilines is 1. The third-order valence-electron chi connectivity index (χ3n) is 3.86. The first-order valence-electron chi connectivity index (χ1n) is 6.98. The summed E-state index contributed by atoms with van der Waals surface area (Å²) in [6.45, 7) is 3.34. The third-order valence-corrected chi connectivity index (χ3v) is 3.86. The Morgan fingerprint density at radius 3 is 2.52 bits per heavy atom. The van der Waals surface area contributed by atoms with Crippen molar-refractivity contribution in [1.82, 2.24) is 20.2 Å². The molecule has 21 heavy (non-hydrogen) atoms. The molecule has 0 spiro atoms. The zero-order chi connectivity index (χ0) is 14.8. The van der Waals surface area contributed by atoms with Gasteiger partial charge in [-0.1, -0.05) is 22.8 Å².